The van der Waals surface area contributed by atoms with Crippen molar-refractivity contribution < 1.29 is 0 Å². The van der Waals surface area contributed by atoms with Crippen LogP contribution in [0, 0.1) is 0 Å². The quantitative estimate of drug-likeness (QED) is 0.771. The van der Waals surface area contributed by atoms with E-state index in [9.17, 15) is 0 Å². The monoisotopic (exact) mass is 322 g/mol. The zero-order valence-electron chi connectivity index (χ0n) is 13.8. The van der Waals surface area contributed by atoms with Gasteiger partial charge in [0.15, 0.2) is 0 Å². The second-order valence-electron chi connectivity index (χ2n) is 6.17. The van der Waals surface area contributed by atoms with E-state index in [0.29, 0.717) is 12.0 Å². The Kier molecular flexibility index (Phi) is 3.92. The second-order valence-corrected chi connectivity index (χ2v) is 6.17. The highest BCUT2D eigenvalue weighted by atomic mass is 15.2. The molecule has 1 aliphatic heterocycles. The first-order chi connectivity index (χ1) is 11.8. The highest BCUT2D eigenvalue weighted by Gasteiger charge is 2.22. The van der Waals surface area contributed by atoms with Gasteiger partial charge < -0.3 is 11.1 Å². The van der Waals surface area contributed by atoms with Crippen molar-refractivity contribution >= 4 is 17.0 Å². The van der Waals surface area contributed by atoms with Crippen LogP contribution >= 0.6 is 0 Å². The lowest BCUT2D eigenvalue weighted by atomic mass is 10.0. The molecule has 3 heterocycles. The molecule has 1 fully saturated rings. The number of nitrogen functional groups attached to an aromatic ring is 1. The fraction of sp³-hybridized carbons (Fsp3) is 0.333. The van der Waals surface area contributed by atoms with Crippen LogP contribution in [0.1, 0.15) is 18.5 Å². The van der Waals surface area contributed by atoms with Crippen molar-refractivity contribution in [2.75, 3.05) is 31.9 Å². The molecule has 6 heteroatoms. The summed E-state index contributed by atoms with van der Waals surface area (Å²) in [7, 11) is 0. The zero-order valence-corrected chi connectivity index (χ0v) is 13.8. The van der Waals surface area contributed by atoms with Gasteiger partial charge in [-0.15, -0.1) is 0 Å². The molecule has 0 amide bonds. The van der Waals surface area contributed by atoms with Gasteiger partial charge >= 0.3 is 0 Å². The number of nitrogens with two attached hydrogens (primary N) is 1. The number of piperazine rings is 1. The number of para-hydroxylation sites is 1. The Bertz CT molecular complexity index is 835. The van der Waals surface area contributed by atoms with Gasteiger partial charge in [0, 0.05) is 38.4 Å². The maximum Gasteiger partial charge on any atom is 0.207 e. The predicted octanol–water partition coefficient (Wildman–Crippen LogP) is 1.97. The van der Waals surface area contributed by atoms with Crippen LogP contribution in [0.4, 0.5) is 5.95 Å². The Balaban J connectivity index is 1.81. The normalized spacial score (nSPS) is 17.2. The molecular weight excluding hydrogens is 300 g/mol. The Morgan fingerprint density at radius 3 is 2.71 bits per heavy atom. The van der Waals surface area contributed by atoms with Crippen molar-refractivity contribution in [1.29, 1.82) is 0 Å². The number of fused-ring (bicyclic) bond motifs is 1. The molecule has 0 saturated carbocycles. The smallest absolute Gasteiger partial charge is 0.207 e. The average Bonchev–Trinajstić information content (AvgIpc) is 2.98. The number of nitrogens with zero attached hydrogens (tertiary/aromatic N) is 4. The number of hydrogen-bond donors (Lipinski definition) is 2. The van der Waals surface area contributed by atoms with Crippen molar-refractivity contribution in [3.63, 3.8) is 0 Å². The highest BCUT2D eigenvalue weighted by molar-refractivity contribution is 5.84. The van der Waals surface area contributed by atoms with Crippen LogP contribution < -0.4 is 11.1 Å². The van der Waals surface area contributed by atoms with Crippen molar-refractivity contribution in [2.24, 2.45) is 0 Å². The summed E-state index contributed by atoms with van der Waals surface area (Å²) in [5.74, 6) is 1.27. The number of nitrogens with one attached hydrogen (secondary N) is 1. The molecule has 0 bridgehead atoms. The molecule has 1 aliphatic rings. The number of anilines is 1. The van der Waals surface area contributed by atoms with E-state index >= 15 is 0 Å². The lowest BCUT2D eigenvalue weighted by molar-refractivity contribution is 0.186. The minimum Gasteiger partial charge on any atom is -0.369 e. The Morgan fingerprint density at radius 2 is 1.96 bits per heavy atom. The largest absolute Gasteiger partial charge is 0.369 e. The van der Waals surface area contributed by atoms with Gasteiger partial charge in [-0.2, -0.15) is 0 Å². The van der Waals surface area contributed by atoms with Crippen molar-refractivity contribution in [1.82, 2.24) is 24.8 Å². The van der Waals surface area contributed by atoms with Gasteiger partial charge in [0.1, 0.15) is 5.82 Å². The maximum absolute atomic E-state index is 6.22. The molecule has 0 spiro atoms. The third kappa shape index (κ3) is 2.53. The number of aromatic nitrogens is 3. The van der Waals surface area contributed by atoms with Crippen LogP contribution in [0.2, 0.25) is 0 Å². The van der Waals surface area contributed by atoms with E-state index in [1.165, 1.54) is 5.56 Å². The number of rotatable bonds is 3. The van der Waals surface area contributed by atoms with Gasteiger partial charge in [-0.25, -0.2) is 9.97 Å². The van der Waals surface area contributed by atoms with E-state index in [0.717, 1.165) is 43.0 Å². The van der Waals surface area contributed by atoms with E-state index < -0.39 is 0 Å². The summed E-state index contributed by atoms with van der Waals surface area (Å²) in [6, 6.07) is 12.4. The van der Waals surface area contributed by atoms with Gasteiger partial charge in [0.2, 0.25) is 5.95 Å². The summed E-state index contributed by atoms with van der Waals surface area (Å²) in [4.78, 5) is 11.6. The zero-order chi connectivity index (χ0) is 16.5. The van der Waals surface area contributed by atoms with Gasteiger partial charge in [-0.1, -0.05) is 18.2 Å². The van der Waals surface area contributed by atoms with Crippen molar-refractivity contribution in [3.05, 3.63) is 48.2 Å². The van der Waals surface area contributed by atoms with E-state index in [-0.39, 0.29) is 0 Å². The van der Waals surface area contributed by atoms with E-state index in [1.54, 1.807) is 6.20 Å². The van der Waals surface area contributed by atoms with E-state index in [4.69, 9.17) is 5.73 Å². The summed E-state index contributed by atoms with van der Waals surface area (Å²) in [5, 5.41) is 3.40. The fourth-order valence-electron chi connectivity index (χ4n) is 3.47. The van der Waals surface area contributed by atoms with Crippen LogP contribution in [-0.4, -0.2) is 45.6 Å². The van der Waals surface area contributed by atoms with Crippen LogP contribution in [0.3, 0.4) is 0 Å². The Hall–Kier alpha value is -2.44. The van der Waals surface area contributed by atoms with Crippen LogP contribution in [-0.2, 0) is 0 Å². The Labute approximate surface area is 141 Å². The average molecular weight is 322 g/mol. The third-order valence-corrected chi connectivity index (χ3v) is 4.77. The molecule has 6 nitrogen and oxygen atoms in total. The highest BCUT2D eigenvalue weighted by Crippen LogP contribution is 2.30. The van der Waals surface area contributed by atoms with Gasteiger partial charge in [-0.3, -0.25) is 9.47 Å². The number of imidazole rings is 1. The first kappa shape index (κ1) is 15.1. The van der Waals surface area contributed by atoms with Gasteiger partial charge in [0.25, 0.3) is 0 Å². The molecule has 2 aromatic heterocycles. The van der Waals surface area contributed by atoms with Gasteiger partial charge in [0.05, 0.1) is 11.0 Å². The standard InChI is InChI=1S/C18H22N6/c1-13(23-11-9-20-10-12-23)14-5-4-6-15-17(14)22-18(19)24(15)16-7-2-3-8-21-16/h2-8,13,20H,9-12H2,1H3,(H2,19,22). The summed E-state index contributed by atoms with van der Waals surface area (Å²) in [6.45, 7) is 6.41. The molecule has 4 rings (SSSR count). The number of benzene rings is 1. The fourth-order valence-corrected chi connectivity index (χ4v) is 3.47. The summed E-state index contributed by atoms with van der Waals surface area (Å²) < 4.78 is 1.92. The Morgan fingerprint density at radius 1 is 1.12 bits per heavy atom. The molecule has 3 aromatic rings. The van der Waals surface area contributed by atoms with E-state index in [2.05, 4.69) is 45.3 Å². The first-order valence-electron chi connectivity index (χ1n) is 8.38. The predicted molar refractivity (Wildman–Crippen MR) is 96.1 cm³/mol. The molecule has 1 atom stereocenters. The third-order valence-electron chi connectivity index (χ3n) is 4.77. The SMILES string of the molecule is CC(c1cccc2c1nc(N)n2-c1ccccn1)N1CCNCC1. The molecule has 1 unspecified atom stereocenters. The summed E-state index contributed by atoms with van der Waals surface area (Å²) >= 11 is 0. The van der Waals surface area contributed by atoms with Crippen LogP contribution in [0.25, 0.3) is 16.9 Å². The molecule has 124 valence electrons. The molecule has 0 radical (unpaired) electrons. The first-order valence-corrected chi connectivity index (χ1v) is 8.38. The molecule has 3 N–H and O–H groups in total. The lowest BCUT2D eigenvalue weighted by Crippen LogP contribution is -2.44. The minimum atomic E-state index is 0.308. The molecule has 1 saturated heterocycles. The lowest BCUT2D eigenvalue weighted by Gasteiger charge is -2.33. The van der Waals surface area contributed by atoms with Crippen molar-refractivity contribution in [3.8, 4) is 5.82 Å². The second kappa shape index (κ2) is 6.22. The minimum absolute atomic E-state index is 0.308. The molecular formula is C18H22N6. The summed E-state index contributed by atoms with van der Waals surface area (Å²) in [5.41, 5.74) is 9.41. The van der Waals surface area contributed by atoms with E-state index in [1.807, 2.05) is 22.8 Å². The maximum atomic E-state index is 6.22. The molecule has 0 aliphatic carbocycles. The number of hydrogen-bond acceptors (Lipinski definition) is 5. The number of pyridine rings is 1. The molecule has 24 heavy (non-hydrogen) atoms. The topological polar surface area (TPSA) is 72.0 Å². The van der Waals surface area contributed by atoms with Gasteiger partial charge in [-0.05, 0) is 30.7 Å². The van der Waals surface area contributed by atoms with Crippen LogP contribution in [0.5, 0.6) is 0 Å². The van der Waals surface area contributed by atoms with Crippen LogP contribution in [0.15, 0.2) is 42.6 Å². The molecule has 1 aromatic carbocycles. The summed E-state index contributed by atoms with van der Waals surface area (Å²) in [6.07, 6.45) is 1.77. The van der Waals surface area contributed by atoms with Crippen molar-refractivity contribution in [2.45, 2.75) is 13.0 Å².